The van der Waals surface area contributed by atoms with Gasteiger partial charge in [-0.05, 0) is 97.3 Å². The van der Waals surface area contributed by atoms with Gasteiger partial charge < -0.3 is 14.6 Å². The van der Waals surface area contributed by atoms with Crippen LogP contribution >= 0.6 is 0 Å². The van der Waals surface area contributed by atoms with Crippen molar-refractivity contribution in [3.63, 3.8) is 0 Å². The molecule has 0 radical (unpaired) electrons. The van der Waals surface area contributed by atoms with E-state index < -0.39 is 0 Å². The Morgan fingerprint density at radius 3 is 2.81 bits per heavy atom. The van der Waals surface area contributed by atoms with Crippen LogP contribution in [-0.4, -0.2) is 18.0 Å². The lowest BCUT2D eigenvalue weighted by Crippen LogP contribution is -2.42. The predicted molar refractivity (Wildman–Crippen MR) is 106 cm³/mol. The van der Waals surface area contributed by atoms with Crippen LogP contribution in [0.1, 0.15) is 88.4 Å². The summed E-state index contributed by atoms with van der Waals surface area (Å²) in [6.07, 6.45) is 9.03. The van der Waals surface area contributed by atoms with Gasteiger partial charge in [0.05, 0.1) is 12.7 Å². The molecule has 1 aliphatic heterocycles. The molecule has 148 valence electrons. The van der Waals surface area contributed by atoms with Crippen molar-refractivity contribution in [2.75, 3.05) is 6.61 Å². The molecule has 1 aromatic rings. The van der Waals surface area contributed by atoms with E-state index in [2.05, 4.69) is 32.0 Å². The van der Waals surface area contributed by atoms with Crippen molar-refractivity contribution >= 4 is 0 Å². The molecule has 0 bridgehead atoms. The Hall–Kier alpha value is -1.06. The molecule has 0 aromatic heterocycles. The summed E-state index contributed by atoms with van der Waals surface area (Å²) in [5, 5.41) is 11.0. The van der Waals surface area contributed by atoms with Crippen LogP contribution in [0.4, 0.5) is 0 Å². The van der Waals surface area contributed by atoms with Crippen LogP contribution < -0.4 is 4.74 Å². The third-order valence-electron chi connectivity index (χ3n) is 8.63. The van der Waals surface area contributed by atoms with Gasteiger partial charge in [-0.25, -0.2) is 0 Å². The van der Waals surface area contributed by atoms with Gasteiger partial charge in [-0.2, -0.15) is 0 Å². The molecular formula is C24H34O3. The van der Waals surface area contributed by atoms with Gasteiger partial charge in [0.1, 0.15) is 5.75 Å². The maximum Gasteiger partial charge on any atom is 0.199 e. The van der Waals surface area contributed by atoms with Crippen molar-refractivity contribution < 1.29 is 14.6 Å². The fourth-order valence-corrected chi connectivity index (χ4v) is 6.86. The molecule has 1 aromatic carbocycles. The van der Waals surface area contributed by atoms with E-state index in [1.54, 1.807) is 0 Å². The predicted octanol–water partition coefficient (Wildman–Crippen LogP) is 5.58. The summed E-state index contributed by atoms with van der Waals surface area (Å²) in [5.74, 6) is 3.72. The molecular weight excluding hydrogens is 336 g/mol. The van der Waals surface area contributed by atoms with Crippen LogP contribution in [0.5, 0.6) is 5.75 Å². The maximum atomic E-state index is 11.0. The first-order chi connectivity index (χ1) is 13.1. The first-order valence-corrected chi connectivity index (χ1v) is 11.2. The Bertz CT molecular complexity index is 695. The second kappa shape index (κ2) is 6.77. The van der Waals surface area contributed by atoms with Gasteiger partial charge in [0.2, 0.25) is 0 Å². The standard InChI is InChI=1S/C24H34O3/c1-15-6-9-21-19-14-22(25)20-13-16(27-23-5-3-4-12-26-23)7-8-17(20)18(19)10-11-24(15,21)2/h7-8,13,15,18-19,21-23,25H,3-6,9-12,14H2,1-2H3/t15-,18?,19?,21?,22?,23?,24+/m0/s1. The maximum absolute atomic E-state index is 11.0. The number of aliphatic hydroxyl groups is 1. The molecule has 5 unspecified atom stereocenters. The van der Waals surface area contributed by atoms with Gasteiger partial charge in [0.25, 0.3) is 0 Å². The summed E-state index contributed by atoms with van der Waals surface area (Å²) in [5.41, 5.74) is 2.98. The van der Waals surface area contributed by atoms with Crippen LogP contribution in [0.3, 0.4) is 0 Å². The SMILES string of the molecule is C[C@H]1CCC2C3CC(O)c4cc(OC5CCCCO5)ccc4C3CC[C@@]21C. The Labute approximate surface area is 163 Å². The van der Waals surface area contributed by atoms with E-state index in [1.165, 1.54) is 37.7 Å². The fraction of sp³-hybridized carbons (Fsp3) is 0.750. The van der Waals surface area contributed by atoms with E-state index >= 15 is 0 Å². The van der Waals surface area contributed by atoms with Crippen molar-refractivity contribution in [3.05, 3.63) is 29.3 Å². The van der Waals surface area contributed by atoms with E-state index in [0.717, 1.165) is 49.0 Å². The molecule has 1 N–H and O–H groups in total. The summed E-state index contributed by atoms with van der Waals surface area (Å²) in [7, 11) is 0. The van der Waals surface area contributed by atoms with Crippen LogP contribution in [0.25, 0.3) is 0 Å². The zero-order valence-electron chi connectivity index (χ0n) is 16.8. The van der Waals surface area contributed by atoms with Crippen molar-refractivity contribution in [1.29, 1.82) is 0 Å². The van der Waals surface area contributed by atoms with E-state index in [0.29, 0.717) is 17.3 Å². The second-order valence-corrected chi connectivity index (χ2v) is 9.86. The highest BCUT2D eigenvalue weighted by Crippen LogP contribution is 2.63. The smallest absolute Gasteiger partial charge is 0.199 e. The Kier molecular flexibility index (Phi) is 4.52. The Morgan fingerprint density at radius 1 is 1.11 bits per heavy atom. The monoisotopic (exact) mass is 370 g/mol. The minimum atomic E-state index is -0.352. The highest BCUT2D eigenvalue weighted by Gasteiger charge is 2.54. The van der Waals surface area contributed by atoms with Crippen molar-refractivity contribution in [1.82, 2.24) is 0 Å². The first kappa shape index (κ1) is 18.0. The number of rotatable bonds is 2. The number of ether oxygens (including phenoxy) is 2. The molecule has 4 aliphatic rings. The molecule has 7 atom stereocenters. The average molecular weight is 371 g/mol. The average Bonchev–Trinajstić information content (AvgIpc) is 2.98. The van der Waals surface area contributed by atoms with Gasteiger partial charge in [-0.3, -0.25) is 0 Å². The number of hydrogen-bond donors (Lipinski definition) is 1. The highest BCUT2D eigenvalue weighted by molar-refractivity contribution is 5.42. The lowest BCUT2D eigenvalue weighted by Gasteiger charge is -2.51. The van der Waals surface area contributed by atoms with E-state index in [4.69, 9.17) is 9.47 Å². The molecule has 27 heavy (non-hydrogen) atoms. The molecule has 3 heteroatoms. The van der Waals surface area contributed by atoms with Gasteiger partial charge in [0.15, 0.2) is 6.29 Å². The zero-order valence-corrected chi connectivity index (χ0v) is 16.8. The molecule has 5 rings (SSSR count). The van der Waals surface area contributed by atoms with E-state index in [9.17, 15) is 5.11 Å². The minimum absolute atomic E-state index is 0.124. The molecule has 1 heterocycles. The van der Waals surface area contributed by atoms with Crippen LogP contribution in [-0.2, 0) is 4.74 Å². The molecule has 0 spiro atoms. The molecule has 0 amide bonds. The first-order valence-electron chi connectivity index (χ1n) is 11.2. The Morgan fingerprint density at radius 2 is 2.00 bits per heavy atom. The quantitative estimate of drug-likeness (QED) is 0.739. The number of aliphatic hydroxyl groups excluding tert-OH is 1. The largest absolute Gasteiger partial charge is 0.465 e. The van der Waals surface area contributed by atoms with Gasteiger partial charge in [-0.15, -0.1) is 0 Å². The van der Waals surface area contributed by atoms with Crippen molar-refractivity contribution in [3.8, 4) is 5.75 Å². The minimum Gasteiger partial charge on any atom is -0.465 e. The van der Waals surface area contributed by atoms with Crippen molar-refractivity contribution in [2.45, 2.75) is 83.5 Å². The van der Waals surface area contributed by atoms with Gasteiger partial charge >= 0.3 is 0 Å². The third-order valence-corrected chi connectivity index (χ3v) is 8.63. The van der Waals surface area contributed by atoms with Gasteiger partial charge in [-0.1, -0.05) is 19.9 Å². The second-order valence-electron chi connectivity index (χ2n) is 9.86. The summed E-state index contributed by atoms with van der Waals surface area (Å²) < 4.78 is 11.8. The van der Waals surface area contributed by atoms with Crippen molar-refractivity contribution in [2.24, 2.45) is 23.2 Å². The Balaban J connectivity index is 1.40. The number of fused-ring (bicyclic) bond motifs is 5. The van der Waals surface area contributed by atoms with Crippen LogP contribution in [0.2, 0.25) is 0 Å². The van der Waals surface area contributed by atoms with Crippen LogP contribution in [0.15, 0.2) is 18.2 Å². The molecule has 3 fully saturated rings. The number of hydrogen-bond acceptors (Lipinski definition) is 3. The molecule has 2 saturated carbocycles. The van der Waals surface area contributed by atoms with E-state index in [-0.39, 0.29) is 12.4 Å². The summed E-state index contributed by atoms with van der Waals surface area (Å²) in [4.78, 5) is 0. The molecule has 3 aliphatic carbocycles. The lowest BCUT2D eigenvalue weighted by atomic mass is 9.54. The summed E-state index contributed by atoms with van der Waals surface area (Å²) in [6, 6.07) is 6.45. The summed E-state index contributed by atoms with van der Waals surface area (Å²) >= 11 is 0. The molecule has 3 nitrogen and oxygen atoms in total. The summed E-state index contributed by atoms with van der Waals surface area (Å²) in [6.45, 7) is 5.76. The zero-order chi connectivity index (χ0) is 18.6. The third kappa shape index (κ3) is 2.93. The van der Waals surface area contributed by atoms with Gasteiger partial charge in [0, 0.05) is 6.42 Å². The lowest BCUT2D eigenvalue weighted by molar-refractivity contribution is -0.106. The van der Waals surface area contributed by atoms with E-state index in [1.807, 2.05) is 0 Å². The normalized spacial score (nSPS) is 43.5. The number of benzene rings is 1. The van der Waals surface area contributed by atoms with Crippen LogP contribution in [0, 0.1) is 23.2 Å². The highest BCUT2D eigenvalue weighted by atomic mass is 16.7. The fourth-order valence-electron chi connectivity index (χ4n) is 6.86. The topological polar surface area (TPSA) is 38.7 Å². The molecule has 1 saturated heterocycles.